The van der Waals surface area contributed by atoms with Crippen molar-refractivity contribution in [2.75, 3.05) is 7.05 Å². The van der Waals surface area contributed by atoms with Crippen LogP contribution >= 0.6 is 11.6 Å². The van der Waals surface area contributed by atoms with E-state index in [4.69, 9.17) is 11.6 Å². The fourth-order valence-electron chi connectivity index (χ4n) is 2.54. The van der Waals surface area contributed by atoms with Crippen molar-refractivity contribution in [1.29, 1.82) is 0 Å². The van der Waals surface area contributed by atoms with Crippen LogP contribution in [-0.2, 0) is 17.9 Å². The Morgan fingerprint density at radius 3 is 2.59 bits per heavy atom. The van der Waals surface area contributed by atoms with Crippen LogP contribution in [0.4, 0.5) is 0 Å². The number of aromatic nitrogens is 2. The van der Waals surface area contributed by atoms with E-state index in [2.05, 4.69) is 22.7 Å². The van der Waals surface area contributed by atoms with Crippen LogP contribution < -0.4 is 10.6 Å². The molecule has 0 fully saturated rings. The summed E-state index contributed by atoms with van der Waals surface area (Å²) in [6.07, 6.45) is 5.21. The summed E-state index contributed by atoms with van der Waals surface area (Å²) in [6.45, 7) is 5.13. The highest BCUT2D eigenvalue weighted by atomic mass is 35.5. The lowest BCUT2D eigenvalue weighted by Gasteiger charge is -2.04. The lowest BCUT2D eigenvalue weighted by atomic mass is 10.1. The predicted octanol–water partition coefficient (Wildman–Crippen LogP) is 3.33. The van der Waals surface area contributed by atoms with Gasteiger partial charge in [0.25, 0.3) is 5.91 Å². The van der Waals surface area contributed by atoms with E-state index in [0.717, 1.165) is 36.2 Å². The molecule has 6 nitrogen and oxygen atoms in total. The van der Waals surface area contributed by atoms with Gasteiger partial charge in [0.1, 0.15) is 5.15 Å². The molecule has 2 N–H and O–H groups in total. The summed E-state index contributed by atoms with van der Waals surface area (Å²) in [6, 6.07) is 7.08. The molecule has 7 heteroatoms. The number of carbonyl (C=O) groups excluding carboxylic acids is 2. The Balaban J connectivity index is 1.94. The number of benzene rings is 1. The molecule has 0 saturated heterocycles. The van der Waals surface area contributed by atoms with Crippen LogP contribution in [-0.4, -0.2) is 28.6 Å². The Morgan fingerprint density at radius 1 is 1.26 bits per heavy atom. The third-order valence-corrected chi connectivity index (χ3v) is 4.54. The molecule has 27 heavy (non-hydrogen) atoms. The minimum atomic E-state index is -0.220. The number of unbranched alkanes of at least 4 members (excludes halogenated alkanes) is 1. The van der Waals surface area contributed by atoms with Crippen LogP contribution in [0.15, 0.2) is 30.3 Å². The van der Waals surface area contributed by atoms with Crippen molar-refractivity contribution in [2.45, 2.75) is 39.8 Å². The van der Waals surface area contributed by atoms with E-state index in [0.29, 0.717) is 17.3 Å². The number of rotatable bonds is 8. The van der Waals surface area contributed by atoms with Crippen LogP contribution in [0, 0.1) is 6.92 Å². The molecule has 2 amide bonds. The fraction of sp³-hybridized carbons (Fsp3) is 0.350. The van der Waals surface area contributed by atoms with Gasteiger partial charge in [-0.15, -0.1) is 0 Å². The monoisotopic (exact) mass is 388 g/mol. The molecule has 0 aliphatic heterocycles. The molecule has 0 aliphatic rings. The predicted molar refractivity (Wildman–Crippen MR) is 108 cm³/mol. The molecule has 0 aliphatic carbocycles. The zero-order valence-electron chi connectivity index (χ0n) is 15.9. The molecule has 144 valence electrons. The van der Waals surface area contributed by atoms with E-state index >= 15 is 0 Å². The van der Waals surface area contributed by atoms with E-state index in [1.807, 2.05) is 19.1 Å². The molecular formula is C20H25ClN4O2. The average molecular weight is 389 g/mol. The topological polar surface area (TPSA) is 76.0 Å². The third kappa shape index (κ3) is 5.69. The number of hydrogen-bond acceptors (Lipinski definition) is 3. The van der Waals surface area contributed by atoms with Gasteiger partial charge in [-0.05, 0) is 37.1 Å². The molecule has 1 heterocycles. The lowest BCUT2D eigenvalue weighted by Crippen LogP contribution is -2.20. The molecule has 1 aromatic carbocycles. The second-order valence-corrected chi connectivity index (χ2v) is 6.55. The van der Waals surface area contributed by atoms with Crippen LogP contribution in [0.3, 0.4) is 0 Å². The van der Waals surface area contributed by atoms with Gasteiger partial charge < -0.3 is 10.6 Å². The minimum Gasteiger partial charge on any atom is -0.355 e. The first kappa shape index (κ1) is 20.7. The van der Waals surface area contributed by atoms with Crippen molar-refractivity contribution in [1.82, 2.24) is 20.4 Å². The van der Waals surface area contributed by atoms with Gasteiger partial charge in [0.15, 0.2) is 0 Å². The van der Waals surface area contributed by atoms with Crippen molar-refractivity contribution in [3.8, 4) is 0 Å². The SMILES string of the molecule is CCCCn1nc(C)c(/C=C/C(=O)NCc2ccc(C(=O)NC)cc2)c1Cl. The Labute approximate surface area is 164 Å². The largest absolute Gasteiger partial charge is 0.355 e. The Hall–Kier alpha value is -2.60. The van der Waals surface area contributed by atoms with Crippen LogP contribution in [0.1, 0.15) is 46.9 Å². The van der Waals surface area contributed by atoms with E-state index in [1.54, 1.807) is 29.9 Å². The van der Waals surface area contributed by atoms with Crippen LogP contribution in [0.25, 0.3) is 6.08 Å². The van der Waals surface area contributed by atoms with Crippen molar-refractivity contribution in [3.63, 3.8) is 0 Å². The number of amides is 2. The van der Waals surface area contributed by atoms with E-state index in [1.165, 1.54) is 6.08 Å². The minimum absolute atomic E-state index is 0.139. The highest BCUT2D eigenvalue weighted by Crippen LogP contribution is 2.21. The lowest BCUT2D eigenvalue weighted by molar-refractivity contribution is -0.116. The standard InChI is InChI=1S/C20H25ClN4O2/c1-4-5-12-25-19(21)17(14(2)24-25)10-11-18(26)23-13-15-6-8-16(9-7-15)20(27)22-3/h6-11H,4-5,12-13H2,1-3H3,(H,22,27)(H,23,26)/b11-10+. The van der Waals surface area contributed by atoms with Gasteiger partial charge >= 0.3 is 0 Å². The van der Waals surface area contributed by atoms with Gasteiger partial charge in [-0.3, -0.25) is 14.3 Å². The van der Waals surface area contributed by atoms with Crippen molar-refractivity contribution >= 4 is 29.5 Å². The van der Waals surface area contributed by atoms with Gasteiger partial charge in [0.2, 0.25) is 5.91 Å². The normalized spacial score (nSPS) is 11.0. The summed E-state index contributed by atoms with van der Waals surface area (Å²) in [5.74, 6) is -0.359. The molecule has 0 saturated carbocycles. The molecule has 0 atom stereocenters. The van der Waals surface area contributed by atoms with E-state index < -0.39 is 0 Å². The molecule has 0 unspecified atom stereocenters. The zero-order valence-corrected chi connectivity index (χ0v) is 16.6. The number of carbonyl (C=O) groups is 2. The first-order chi connectivity index (χ1) is 13.0. The maximum Gasteiger partial charge on any atom is 0.251 e. The summed E-state index contributed by atoms with van der Waals surface area (Å²) < 4.78 is 1.77. The molecule has 2 rings (SSSR count). The van der Waals surface area contributed by atoms with Crippen molar-refractivity contribution < 1.29 is 9.59 Å². The van der Waals surface area contributed by atoms with Gasteiger partial charge in [-0.25, -0.2) is 0 Å². The Kier molecular flexibility index (Phi) is 7.61. The maximum atomic E-state index is 12.1. The highest BCUT2D eigenvalue weighted by Gasteiger charge is 2.11. The number of aryl methyl sites for hydroxylation is 2. The first-order valence-corrected chi connectivity index (χ1v) is 9.33. The second-order valence-electron chi connectivity index (χ2n) is 6.19. The molecular weight excluding hydrogens is 364 g/mol. The number of hydrogen-bond donors (Lipinski definition) is 2. The molecule has 0 bridgehead atoms. The van der Waals surface area contributed by atoms with Gasteiger partial charge in [-0.1, -0.05) is 37.1 Å². The van der Waals surface area contributed by atoms with Gasteiger partial charge in [0.05, 0.1) is 5.69 Å². The summed E-state index contributed by atoms with van der Waals surface area (Å²) in [5.41, 5.74) is 3.05. The van der Waals surface area contributed by atoms with Crippen LogP contribution in [0.5, 0.6) is 0 Å². The number of nitrogens with one attached hydrogen (secondary N) is 2. The van der Waals surface area contributed by atoms with Crippen molar-refractivity contribution in [2.24, 2.45) is 0 Å². The second kappa shape index (κ2) is 9.92. The van der Waals surface area contributed by atoms with Gasteiger partial charge in [-0.2, -0.15) is 5.10 Å². The molecule has 0 spiro atoms. The van der Waals surface area contributed by atoms with E-state index in [9.17, 15) is 9.59 Å². The smallest absolute Gasteiger partial charge is 0.251 e. The maximum absolute atomic E-state index is 12.1. The fourth-order valence-corrected chi connectivity index (χ4v) is 2.86. The summed E-state index contributed by atoms with van der Waals surface area (Å²) >= 11 is 6.36. The molecule has 2 aromatic rings. The third-order valence-electron chi connectivity index (χ3n) is 4.14. The zero-order chi connectivity index (χ0) is 19.8. The molecule has 0 radical (unpaired) electrons. The average Bonchev–Trinajstić information content (AvgIpc) is 2.95. The quantitative estimate of drug-likeness (QED) is 0.681. The van der Waals surface area contributed by atoms with E-state index in [-0.39, 0.29) is 11.8 Å². The first-order valence-electron chi connectivity index (χ1n) is 8.96. The van der Waals surface area contributed by atoms with Gasteiger partial charge in [0, 0.05) is 37.3 Å². The number of nitrogens with zero attached hydrogens (tertiary/aromatic N) is 2. The Morgan fingerprint density at radius 2 is 1.96 bits per heavy atom. The van der Waals surface area contributed by atoms with Crippen LogP contribution in [0.2, 0.25) is 5.15 Å². The number of halogens is 1. The Bertz CT molecular complexity index is 825. The van der Waals surface area contributed by atoms with Crippen molar-refractivity contribution in [3.05, 3.63) is 57.9 Å². The summed E-state index contributed by atoms with van der Waals surface area (Å²) in [7, 11) is 1.59. The highest BCUT2D eigenvalue weighted by molar-refractivity contribution is 6.31. The molecule has 1 aromatic heterocycles. The summed E-state index contributed by atoms with van der Waals surface area (Å²) in [4.78, 5) is 23.6. The summed E-state index contributed by atoms with van der Waals surface area (Å²) in [5, 5.41) is 10.4.